The van der Waals surface area contributed by atoms with Crippen LogP contribution in [0, 0.1) is 5.82 Å². The van der Waals surface area contributed by atoms with Crippen LogP contribution in [0.5, 0.6) is 0 Å². The maximum absolute atomic E-state index is 13.9. The predicted molar refractivity (Wildman–Crippen MR) is 138 cm³/mol. The van der Waals surface area contributed by atoms with Crippen molar-refractivity contribution in [3.63, 3.8) is 0 Å². The van der Waals surface area contributed by atoms with Crippen molar-refractivity contribution in [2.45, 2.75) is 37.0 Å². The van der Waals surface area contributed by atoms with Gasteiger partial charge in [-0.25, -0.2) is 17.8 Å². The summed E-state index contributed by atoms with van der Waals surface area (Å²) in [5, 5.41) is 7.43. The van der Waals surface area contributed by atoms with E-state index in [-0.39, 0.29) is 11.6 Å². The van der Waals surface area contributed by atoms with Crippen LogP contribution in [0.3, 0.4) is 0 Å². The van der Waals surface area contributed by atoms with Crippen molar-refractivity contribution in [2.75, 3.05) is 6.54 Å². The van der Waals surface area contributed by atoms with Gasteiger partial charge in [0.25, 0.3) is 10.0 Å². The summed E-state index contributed by atoms with van der Waals surface area (Å²) in [6, 6.07) is 5.55. The Hall–Kier alpha value is -2.89. The molecular formula is C24H22ClFN6O2S2. The zero-order chi connectivity index (χ0) is 25.2. The molecule has 3 aliphatic rings. The average molecular weight is 545 g/mol. The monoisotopic (exact) mass is 544 g/mol. The molecule has 0 bridgehead atoms. The van der Waals surface area contributed by atoms with Crippen LogP contribution in [-0.2, 0) is 17.1 Å². The van der Waals surface area contributed by atoms with Crippen LogP contribution in [0.4, 0.5) is 4.39 Å². The molecule has 186 valence electrons. The van der Waals surface area contributed by atoms with Crippen LogP contribution in [0.15, 0.2) is 57.1 Å². The lowest BCUT2D eigenvalue weighted by atomic mass is 9.92. The van der Waals surface area contributed by atoms with Crippen LogP contribution in [0.25, 0.3) is 5.57 Å². The maximum Gasteiger partial charge on any atom is 0.258 e. The lowest BCUT2D eigenvalue weighted by Gasteiger charge is -2.32. The lowest BCUT2D eigenvalue weighted by Crippen LogP contribution is -2.33. The van der Waals surface area contributed by atoms with Gasteiger partial charge in [-0.15, -0.1) is 11.3 Å². The van der Waals surface area contributed by atoms with E-state index in [1.54, 1.807) is 23.9 Å². The first kappa shape index (κ1) is 23.5. The molecule has 1 aliphatic carbocycles. The SMILES string of the molecule is Cn1ccc(C2=C3C/C(=N\S(=O)(=O)C4(C)CC4)CN3C(c3nccs3)=N[C@H]2c2ccc(F)cc2Cl)n1. The molecule has 2 fully saturated rings. The van der Waals surface area contributed by atoms with Crippen LogP contribution in [0.1, 0.15) is 48.5 Å². The molecule has 0 amide bonds. The van der Waals surface area contributed by atoms with Gasteiger partial charge in [0.2, 0.25) is 0 Å². The molecule has 0 spiro atoms. The van der Waals surface area contributed by atoms with Crippen molar-refractivity contribution in [1.29, 1.82) is 0 Å². The number of amidine groups is 1. The molecule has 0 radical (unpaired) electrons. The Kier molecular flexibility index (Phi) is 5.43. The first-order chi connectivity index (χ1) is 17.1. The third-order valence-electron chi connectivity index (χ3n) is 6.83. The van der Waals surface area contributed by atoms with E-state index in [1.807, 2.05) is 29.6 Å². The number of hydrogen-bond acceptors (Lipinski definition) is 7. The molecule has 2 aromatic heterocycles. The van der Waals surface area contributed by atoms with E-state index in [9.17, 15) is 12.8 Å². The zero-order valence-electron chi connectivity index (χ0n) is 19.5. The van der Waals surface area contributed by atoms with Crippen LogP contribution in [0.2, 0.25) is 5.02 Å². The van der Waals surface area contributed by atoms with Gasteiger partial charge in [0.15, 0.2) is 10.8 Å². The highest BCUT2D eigenvalue weighted by Crippen LogP contribution is 2.47. The quantitative estimate of drug-likeness (QED) is 0.467. The van der Waals surface area contributed by atoms with E-state index >= 15 is 0 Å². The molecule has 3 aromatic rings. The first-order valence-corrected chi connectivity index (χ1v) is 14.1. The van der Waals surface area contributed by atoms with E-state index < -0.39 is 26.6 Å². The fourth-order valence-electron chi connectivity index (χ4n) is 4.56. The molecule has 0 N–H and O–H groups in total. The predicted octanol–water partition coefficient (Wildman–Crippen LogP) is 4.61. The maximum atomic E-state index is 13.9. The van der Waals surface area contributed by atoms with Gasteiger partial charge in [0.05, 0.1) is 22.7 Å². The molecule has 36 heavy (non-hydrogen) atoms. The van der Waals surface area contributed by atoms with Crippen molar-refractivity contribution in [3.8, 4) is 0 Å². The molecule has 1 saturated carbocycles. The van der Waals surface area contributed by atoms with Crippen molar-refractivity contribution >= 4 is 50.1 Å². The normalized spacial score (nSPS) is 22.2. The number of nitrogens with zero attached hydrogens (tertiary/aromatic N) is 6. The Bertz CT molecular complexity index is 1570. The number of benzene rings is 1. The van der Waals surface area contributed by atoms with Gasteiger partial charge in [-0.3, -0.25) is 9.67 Å². The Morgan fingerprint density at radius 1 is 1.28 bits per heavy atom. The standard InChI is InChI=1S/C24H22ClFN6O2S2/c1-24(6-7-24)36(33,34)30-15-12-19-20(18-5-9-31(2)29-18)21(16-4-3-14(26)11-17(16)25)28-22(32(19)13-15)23-27-8-10-35-23/h3-5,8-11,21H,6-7,12-13H2,1-2H3/b30-15+/t21-/m0/s1. The second-order valence-corrected chi connectivity index (χ2v) is 12.9. The van der Waals surface area contributed by atoms with E-state index in [0.29, 0.717) is 47.1 Å². The number of rotatable bonds is 5. The molecule has 4 heterocycles. The molecule has 1 atom stereocenters. The molecule has 2 aliphatic heterocycles. The number of aromatic nitrogens is 3. The van der Waals surface area contributed by atoms with E-state index in [2.05, 4.69) is 14.5 Å². The van der Waals surface area contributed by atoms with E-state index in [1.165, 1.54) is 23.5 Å². The third kappa shape index (κ3) is 3.89. The largest absolute Gasteiger partial charge is 0.321 e. The van der Waals surface area contributed by atoms with Gasteiger partial charge < -0.3 is 4.90 Å². The Morgan fingerprint density at radius 2 is 2.08 bits per heavy atom. The Morgan fingerprint density at radius 3 is 2.72 bits per heavy atom. The number of sulfonamides is 1. The highest BCUT2D eigenvalue weighted by atomic mass is 35.5. The van der Waals surface area contributed by atoms with Crippen LogP contribution < -0.4 is 0 Å². The smallest absolute Gasteiger partial charge is 0.258 e. The van der Waals surface area contributed by atoms with Crippen molar-refractivity contribution in [3.05, 3.63) is 74.8 Å². The fraction of sp³-hybridized carbons (Fsp3) is 0.333. The van der Waals surface area contributed by atoms with E-state index in [4.69, 9.17) is 16.6 Å². The number of aryl methyl sites for hydroxylation is 1. The summed E-state index contributed by atoms with van der Waals surface area (Å²) in [4.78, 5) is 11.5. The number of fused-ring (bicyclic) bond motifs is 1. The number of halogens is 2. The molecule has 1 saturated heterocycles. The minimum Gasteiger partial charge on any atom is -0.321 e. The first-order valence-electron chi connectivity index (χ1n) is 11.4. The topological polar surface area (TPSA) is 92.8 Å². The van der Waals surface area contributed by atoms with Gasteiger partial charge in [-0.2, -0.15) is 9.50 Å². The zero-order valence-corrected chi connectivity index (χ0v) is 21.9. The van der Waals surface area contributed by atoms with Gasteiger partial charge in [-0.05, 0) is 38.0 Å². The summed E-state index contributed by atoms with van der Waals surface area (Å²) in [6.45, 7) is 2.02. The number of thiazole rings is 1. The highest BCUT2D eigenvalue weighted by molar-refractivity contribution is 7.92. The summed E-state index contributed by atoms with van der Waals surface area (Å²) >= 11 is 7.96. The second-order valence-electron chi connectivity index (χ2n) is 9.44. The highest BCUT2D eigenvalue weighted by Gasteiger charge is 2.51. The summed E-state index contributed by atoms with van der Waals surface area (Å²) < 4.78 is 45.1. The molecular weight excluding hydrogens is 523 g/mol. The van der Waals surface area contributed by atoms with Gasteiger partial charge >= 0.3 is 0 Å². The molecule has 0 unspecified atom stereocenters. The van der Waals surface area contributed by atoms with E-state index in [0.717, 1.165) is 11.3 Å². The minimum absolute atomic E-state index is 0.251. The van der Waals surface area contributed by atoms with Crippen LogP contribution >= 0.6 is 22.9 Å². The van der Waals surface area contributed by atoms with Crippen molar-refractivity contribution < 1.29 is 12.8 Å². The van der Waals surface area contributed by atoms with Crippen molar-refractivity contribution in [2.24, 2.45) is 16.4 Å². The molecule has 6 rings (SSSR count). The van der Waals surface area contributed by atoms with Gasteiger partial charge in [0.1, 0.15) is 11.9 Å². The minimum atomic E-state index is -3.64. The van der Waals surface area contributed by atoms with Gasteiger partial charge in [0, 0.05) is 53.1 Å². The summed E-state index contributed by atoms with van der Waals surface area (Å²) in [6.07, 6.45) is 5.09. The fourth-order valence-corrected chi connectivity index (χ4v) is 6.77. The average Bonchev–Trinajstić information content (AvgIpc) is 3.20. The number of aliphatic imine (C=N–C) groups is 1. The Labute approximate surface area is 216 Å². The second kappa shape index (κ2) is 8.32. The van der Waals surface area contributed by atoms with Crippen LogP contribution in [-0.4, -0.2) is 50.9 Å². The lowest BCUT2D eigenvalue weighted by molar-refractivity contribution is 0.581. The molecule has 8 nitrogen and oxygen atoms in total. The van der Waals surface area contributed by atoms with Gasteiger partial charge in [-0.1, -0.05) is 17.7 Å². The van der Waals surface area contributed by atoms with Crippen molar-refractivity contribution in [1.82, 2.24) is 19.7 Å². The Balaban J connectivity index is 1.56. The number of hydrogen-bond donors (Lipinski definition) is 0. The molecule has 1 aromatic carbocycles. The summed E-state index contributed by atoms with van der Waals surface area (Å²) in [5.74, 6) is 0.164. The third-order valence-corrected chi connectivity index (χ3v) is 10.1. The summed E-state index contributed by atoms with van der Waals surface area (Å²) in [5.41, 5.74) is 3.48. The number of allylic oxidation sites excluding steroid dienone is 1. The molecule has 12 heteroatoms. The summed E-state index contributed by atoms with van der Waals surface area (Å²) in [7, 11) is -1.81.